The van der Waals surface area contributed by atoms with Gasteiger partial charge in [0.05, 0.1) is 22.9 Å². The van der Waals surface area contributed by atoms with Crippen LogP contribution in [0.2, 0.25) is 0 Å². The van der Waals surface area contributed by atoms with Crippen LogP contribution in [0.3, 0.4) is 0 Å². The highest BCUT2D eigenvalue weighted by Crippen LogP contribution is 2.29. The molecule has 2 heterocycles. The summed E-state index contributed by atoms with van der Waals surface area (Å²) in [6, 6.07) is 19.5. The van der Waals surface area contributed by atoms with Crippen molar-refractivity contribution in [1.82, 2.24) is 9.55 Å². The van der Waals surface area contributed by atoms with Gasteiger partial charge in [-0.15, -0.1) is 11.3 Å². The number of thioether (sulfide) groups is 1. The van der Waals surface area contributed by atoms with Crippen LogP contribution in [-0.2, 0) is 6.61 Å². The Kier molecular flexibility index (Phi) is 5.88. The van der Waals surface area contributed by atoms with E-state index < -0.39 is 0 Å². The first kappa shape index (κ1) is 20.2. The first-order chi connectivity index (χ1) is 14.6. The predicted molar refractivity (Wildman–Crippen MR) is 122 cm³/mol. The molecular formula is C23H19N3O2S2. The lowest BCUT2D eigenvalue weighted by Crippen LogP contribution is -2.21. The molecule has 0 fully saturated rings. The molecule has 0 N–H and O–H groups in total. The highest BCUT2D eigenvalue weighted by Gasteiger charge is 2.18. The number of rotatable bonds is 6. The number of thiophene rings is 1. The number of nitriles is 1. The van der Waals surface area contributed by atoms with Crippen molar-refractivity contribution in [1.29, 1.82) is 5.26 Å². The molecule has 0 saturated heterocycles. The maximum Gasteiger partial charge on any atom is 0.267 e. The van der Waals surface area contributed by atoms with Gasteiger partial charge in [0.1, 0.15) is 17.2 Å². The lowest BCUT2D eigenvalue weighted by atomic mass is 10.2. The molecule has 0 aliphatic carbocycles. The Morgan fingerprint density at radius 3 is 2.57 bits per heavy atom. The van der Waals surface area contributed by atoms with Crippen LogP contribution in [-0.4, -0.2) is 15.3 Å². The molecule has 4 aromatic rings. The molecule has 0 aliphatic rings. The summed E-state index contributed by atoms with van der Waals surface area (Å²) < 4.78 is 7.44. The summed E-state index contributed by atoms with van der Waals surface area (Å²) in [5, 5.41) is 10.2. The van der Waals surface area contributed by atoms with Gasteiger partial charge in [0.2, 0.25) is 0 Å². The van der Waals surface area contributed by atoms with Gasteiger partial charge in [-0.3, -0.25) is 9.36 Å². The Morgan fingerprint density at radius 2 is 1.87 bits per heavy atom. The van der Waals surface area contributed by atoms with E-state index in [9.17, 15) is 4.79 Å². The van der Waals surface area contributed by atoms with Gasteiger partial charge in [0, 0.05) is 4.88 Å². The summed E-state index contributed by atoms with van der Waals surface area (Å²) in [7, 11) is 0. The second kappa shape index (κ2) is 8.74. The van der Waals surface area contributed by atoms with E-state index in [1.54, 1.807) is 4.57 Å². The molecule has 0 aliphatic heterocycles. The Balaban J connectivity index is 1.70. The van der Waals surface area contributed by atoms with Gasteiger partial charge in [0.15, 0.2) is 5.16 Å². The topological polar surface area (TPSA) is 67.9 Å². The molecule has 150 valence electrons. The van der Waals surface area contributed by atoms with E-state index in [0.717, 1.165) is 26.6 Å². The average molecular weight is 434 g/mol. The zero-order valence-electron chi connectivity index (χ0n) is 16.6. The third kappa shape index (κ3) is 3.97. The summed E-state index contributed by atoms with van der Waals surface area (Å²) in [6.07, 6.45) is 0. The molecule has 0 bridgehead atoms. The van der Waals surface area contributed by atoms with Crippen molar-refractivity contribution in [2.24, 2.45) is 0 Å². The van der Waals surface area contributed by atoms with Gasteiger partial charge in [-0.2, -0.15) is 5.26 Å². The summed E-state index contributed by atoms with van der Waals surface area (Å²) in [5.41, 5.74) is 2.64. The fourth-order valence-corrected chi connectivity index (χ4v) is 4.87. The van der Waals surface area contributed by atoms with Crippen LogP contribution < -0.4 is 10.3 Å². The highest BCUT2D eigenvalue weighted by molar-refractivity contribution is 7.99. The van der Waals surface area contributed by atoms with Crippen LogP contribution in [0.5, 0.6) is 5.75 Å². The normalized spacial score (nSPS) is 10.8. The minimum atomic E-state index is -0.111. The third-order valence-electron chi connectivity index (χ3n) is 4.78. The molecule has 0 spiro atoms. The lowest BCUT2D eigenvalue weighted by molar-refractivity contribution is 0.306. The van der Waals surface area contributed by atoms with E-state index in [1.165, 1.54) is 23.1 Å². The summed E-state index contributed by atoms with van der Waals surface area (Å²) in [6.45, 7) is 4.42. The largest absolute Gasteiger partial charge is 0.489 e. The van der Waals surface area contributed by atoms with Gasteiger partial charge < -0.3 is 4.74 Å². The Hall–Kier alpha value is -3.08. The molecule has 7 heteroatoms. The molecule has 5 nitrogen and oxygen atoms in total. The maximum absolute atomic E-state index is 13.3. The van der Waals surface area contributed by atoms with Crippen LogP contribution in [0.15, 0.2) is 64.5 Å². The number of fused-ring (bicyclic) bond motifs is 1. The van der Waals surface area contributed by atoms with Crippen molar-refractivity contribution in [3.8, 4) is 17.5 Å². The van der Waals surface area contributed by atoms with Crippen molar-refractivity contribution < 1.29 is 4.74 Å². The van der Waals surface area contributed by atoms with Crippen LogP contribution in [0, 0.1) is 25.2 Å². The number of hydrogen-bond acceptors (Lipinski definition) is 6. The summed E-state index contributed by atoms with van der Waals surface area (Å²) in [5.74, 6) is 0.943. The van der Waals surface area contributed by atoms with E-state index in [4.69, 9.17) is 15.0 Å². The number of ether oxygens (including phenoxy) is 1. The predicted octanol–water partition coefficient (Wildman–Crippen LogP) is 5.26. The Labute approximate surface area is 182 Å². The second-order valence-corrected chi connectivity index (χ2v) is 8.86. The van der Waals surface area contributed by atoms with Gasteiger partial charge >= 0.3 is 0 Å². The van der Waals surface area contributed by atoms with Gasteiger partial charge in [0.25, 0.3) is 5.56 Å². The molecule has 0 radical (unpaired) electrons. The number of nitrogens with zero attached hydrogens (tertiary/aromatic N) is 3. The fourth-order valence-electron chi connectivity index (χ4n) is 3.13. The number of benzene rings is 2. The van der Waals surface area contributed by atoms with Crippen LogP contribution in [0.4, 0.5) is 0 Å². The smallest absolute Gasteiger partial charge is 0.267 e. The first-order valence-electron chi connectivity index (χ1n) is 9.38. The SMILES string of the molecule is Cc1sc2nc(SCC#N)n(-c3ccc(OCc4ccccc4)cc3)c(=O)c2c1C. The molecule has 4 rings (SSSR count). The van der Waals surface area contributed by atoms with Crippen molar-refractivity contribution in [2.75, 3.05) is 5.75 Å². The van der Waals surface area contributed by atoms with Crippen LogP contribution in [0.25, 0.3) is 15.9 Å². The molecule has 0 amide bonds. The molecule has 2 aromatic carbocycles. The zero-order valence-corrected chi connectivity index (χ0v) is 18.2. The zero-order chi connectivity index (χ0) is 21.1. The first-order valence-corrected chi connectivity index (χ1v) is 11.2. The lowest BCUT2D eigenvalue weighted by Gasteiger charge is -2.12. The summed E-state index contributed by atoms with van der Waals surface area (Å²) >= 11 is 2.77. The number of aromatic nitrogens is 2. The fraction of sp³-hybridized carbons (Fsp3) is 0.174. The van der Waals surface area contributed by atoms with Gasteiger partial charge in [-0.25, -0.2) is 4.98 Å². The monoisotopic (exact) mass is 433 g/mol. The maximum atomic E-state index is 13.3. The minimum absolute atomic E-state index is 0.111. The number of aryl methyl sites for hydroxylation is 2. The van der Waals surface area contributed by atoms with Gasteiger partial charge in [-0.05, 0) is 49.2 Å². The molecule has 0 unspecified atom stereocenters. The highest BCUT2D eigenvalue weighted by atomic mass is 32.2. The van der Waals surface area contributed by atoms with E-state index in [2.05, 4.69) is 6.07 Å². The van der Waals surface area contributed by atoms with Crippen molar-refractivity contribution in [3.05, 3.63) is 81.0 Å². The van der Waals surface area contributed by atoms with E-state index >= 15 is 0 Å². The van der Waals surface area contributed by atoms with Crippen LogP contribution in [0.1, 0.15) is 16.0 Å². The van der Waals surface area contributed by atoms with Gasteiger partial charge in [-0.1, -0.05) is 42.1 Å². The van der Waals surface area contributed by atoms with Crippen molar-refractivity contribution in [3.63, 3.8) is 0 Å². The Morgan fingerprint density at radius 1 is 1.13 bits per heavy atom. The molecule has 0 atom stereocenters. The average Bonchev–Trinajstić information content (AvgIpc) is 3.05. The molecule has 30 heavy (non-hydrogen) atoms. The van der Waals surface area contributed by atoms with Crippen molar-refractivity contribution >= 4 is 33.3 Å². The molecular weight excluding hydrogens is 414 g/mol. The third-order valence-corrected chi connectivity index (χ3v) is 6.69. The van der Waals surface area contributed by atoms with E-state index in [0.29, 0.717) is 22.8 Å². The quantitative estimate of drug-likeness (QED) is 0.306. The second-order valence-electron chi connectivity index (χ2n) is 6.71. The standard InChI is InChI=1S/C23H19N3O2S2/c1-15-16(2)30-21-20(15)22(27)26(23(25-21)29-13-12-24)18-8-10-19(11-9-18)28-14-17-6-4-3-5-7-17/h3-11H,13-14H2,1-2H3. The summed E-state index contributed by atoms with van der Waals surface area (Å²) in [4.78, 5) is 19.8. The molecule has 2 aromatic heterocycles. The minimum Gasteiger partial charge on any atom is -0.489 e. The van der Waals surface area contributed by atoms with Crippen LogP contribution >= 0.6 is 23.1 Å². The van der Waals surface area contributed by atoms with E-state index in [1.807, 2.05) is 68.4 Å². The molecule has 0 saturated carbocycles. The number of hydrogen-bond donors (Lipinski definition) is 0. The Bertz CT molecular complexity index is 1290. The van der Waals surface area contributed by atoms with E-state index in [-0.39, 0.29) is 11.3 Å². The van der Waals surface area contributed by atoms with Crippen molar-refractivity contribution in [2.45, 2.75) is 25.6 Å².